The maximum atomic E-state index is 15.1. The van der Waals surface area contributed by atoms with Crippen LogP contribution in [0, 0.1) is 0 Å². The molecule has 0 bridgehead atoms. The van der Waals surface area contributed by atoms with Gasteiger partial charge in [0.1, 0.15) is 23.2 Å². The average Bonchev–Trinajstić information content (AvgIpc) is 3.65. The van der Waals surface area contributed by atoms with Crippen molar-refractivity contribution in [3.8, 4) is 0 Å². The SMILES string of the molecule is CC(NC(=O)N[C@@H](CC(=O)NC(c1ccccc1)(c1ccccc1)c1ccccc1)C(=O)N[C@@H](CC(=O)NC(c1ccccc1)(c1ccccc1)c1ccccc1)C(=O)NCCCCCC(=O)O)c1cccc2ccccc12. The van der Waals surface area contributed by atoms with E-state index in [-0.39, 0.29) is 13.0 Å². The van der Waals surface area contributed by atoms with Gasteiger partial charge in [0.2, 0.25) is 23.6 Å². The van der Waals surface area contributed by atoms with Crippen LogP contribution in [0.5, 0.6) is 0 Å². The van der Waals surface area contributed by atoms with Crippen LogP contribution >= 0.6 is 0 Å². The number of hydrogen-bond acceptors (Lipinski definition) is 6. The Balaban J connectivity index is 1.14. The van der Waals surface area contributed by atoms with E-state index in [0.717, 1.165) is 49.7 Å². The summed E-state index contributed by atoms with van der Waals surface area (Å²) in [4.78, 5) is 85.2. The third-order valence-corrected chi connectivity index (χ3v) is 13.9. The third-order valence-electron chi connectivity index (χ3n) is 13.9. The normalized spacial score (nSPS) is 12.5. The summed E-state index contributed by atoms with van der Waals surface area (Å²) in [6.07, 6.45) is 0.133. The fraction of sp³-hybridized carbons (Fsp3) is 0.200. The first kappa shape index (κ1) is 54.9. The molecule has 78 heavy (non-hydrogen) atoms. The van der Waals surface area contributed by atoms with E-state index in [9.17, 15) is 24.3 Å². The van der Waals surface area contributed by atoms with Gasteiger partial charge in [-0.3, -0.25) is 24.0 Å². The number of unbranched alkanes of at least 4 members (excludes halogenated alkanes) is 2. The molecule has 0 radical (unpaired) electrons. The highest BCUT2D eigenvalue weighted by molar-refractivity contribution is 5.97. The van der Waals surface area contributed by atoms with Crippen LogP contribution in [0.1, 0.15) is 90.4 Å². The van der Waals surface area contributed by atoms with Crippen molar-refractivity contribution >= 4 is 46.4 Å². The maximum absolute atomic E-state index is 15.1. The zero-order chi connectivity index (χ0) is 54.7. The number of fused-ring (bicyclic) bond motifs is 1. The molecule has 0 heterocycles. The minimum Gasteiger partial charge on any atom is -0.481 e. The number of aliphatic carboxylic acids is 1. The van der Waals surface area contributed by atoms with Crippen LogP contribution in [0.25, 0.3) is 10.8 Å². The van der Waals surface area contributed by atoms with Gasteiger partial charge in [0, 0.05) is 13.0 Å². The number of nitrogens with one attached hydrogen (secondary N) is 6. The van der Waals surface area contributed by atoms with Crippen LogP contribution in [0.3, 0.4) is 0 Å². The average molecular weight is 1040 g/mol. The molecule has 0 aromatic heterocycles. The van der Waals surface area contributed by atoms with Crippen molar-refractivity contribution in [3.05, 3.63) is 263 Å². The van der Waals surface area contributed by atoms with Gasteiger partial charge in [-0.1, -0.05) is 231 Å². The molecule has 8 rings (SSSR count). The monoisotopic (exact) mass is 1040 g/mol. The molecule has 8 aromatic rings. The second-order valence-corrected chi connectivity index (χ2v) is 19.2. The van der Waals surface area contributed by atoms with Crippen LogP contribution in [0.2, 0.25) is 0 Å². The van der Waals surface area contributed by atoms with Crippen molar-refractivity contribution in [2.24, 2.45) is 0 Å². The molecule has 7 N–H and O–H groups in total. The number of carboxylic acid groups (broad SMARTS) is 1. The number of carbonyl (C=O) groups excluding carboxylic acids is 5. The zero-order valence-corrected chi connectivity index (χ0v) is 43.4. The Kier molecular flexibility index (Phi) is 18.6. The van der Waals surface area contributed by atoms with E-state index in [1.807, 2.05) is 231 Å². The molecule has 1 unspecified atom stereocenters. The molecule has 3 atom stereocenters. The van der Waals surface area contributed by atoms with Gasteiger partial charge in [-0.15, -0.1) is 0 Å². The van der Waals surface area contributed by atoms with Crippen LogP contribution in [0.4, 0.5) is 4.79 Å². The van der Waals surface area contributed by atoms with Gasteiger partial charge >= 0.3 is 12.0 Å². The molecule has 0 aliphatic rings. The molecule has 0 fully saturated rings. The van der Waals surface area contributed by atoms with E-state index in [1.165, 1.54) is 0 Å². The summed E-state index contributed by atoms with van der Waals surface area (Å²) in [7, 11) is 0. The Morgan fingerprint density at radius 3 is 1.23 bits per heavy atom. The summed E-state index contributed by atoms with van der Waals surface area (Å²) in [5, 5.41) is 29.0. The van der Waals surface area contributed by atoms with Crippen LogP contribution < -0.4 is 31.9 Å². The quantitative estimate of drug-likeness (QED) is 0.0231. The number of urea groups is 1. The lowest BCUT2D eigenvalue weighted by molar-refractivity contribution is -0.137. The molecule has 396 valence electrons. The predicted molar refractivity (Wildman–Crippen MR) is 303 cm³/mol. The van der Waals surface area contributed by atoms with Gasteiger partial charge in [0.15, 0.2) is 0 Å². The Hall–Kier alpha value is -9.36. The van der Waals surface area contributed by atoms with Gasteiger partial charge in [0.25, 0.3) is 0 Å². The van der Waals surface area contributed by atoms with Crippen molar-refractivity contribution in [3.63, 3.8) is 0 Å². The number of carbonyl (C=O) groups is 6. The molecular weight excluding hydrogens is 977 g/mol. The van der Waals surface area contributed by atoms with Crippen LogP contribution in [-0.4, -0.2) is 59.4 Å². The van der Waals surface area contributed by atoms with E-state index < -0.39 is 77.7 Å². The third kappa shape index (κ3) is 13.4. The minimum absolute atomic E-state index is 0.0295. The van der Waals surface area contributed by atoms with Gasteiger partial charge in [-0.25, -0.2) is 4.79 Å². The maximum Gasteiger partial charge on any atom is 0.315 e. The first-order valence-corrected chi connectivity index (χ1v) is 26.3. The summed E-state index contributed by atoms with van der Waals surface area (Å²) >= 11 is 0. The highest BCUT2D eigenvalue weighted by atomic mass is 16.4. The van der Waals surface area contributed by atoms with Crippen molar-refractivity contribution in [2.45, 2.75) is 74.7 Å². The molecular formula is C65H64N6O7. The van der Waals surface area contributed by atoms with E-state index in [0.29, 0.717) is 19.3 Å². The summed E-state index contributed by atoms with van der Waals surface area (Å²) in [5.74, 6) is -3.75. The second kappa shape index (κ2) is 26.4. The highest BCUT2D eigenvalue weighted by Crippen LogP contribution is 2.38. The molecule has 0 saturated carbocycles. The van der Waals surface area contributed by atoms with Crippen molar-refractivity contribution in [1.29, 1.82) is 0 Å². The van der Waals surface area contributed by atoms with Crippen LogP contribution in [0.15, 0.2) is 224 Å². The minimum atomic E-state index is -1.60. The van der Waals surface area contributed by atoms with Gasteiger partial charge < -0.3 is 37.0 Å². The van der Waals surface area contributed by atoms with E-state index in [1.54, 1.807) is 0 Å². The summed E-state index contributed by atoms with van der Waals surface area (Å²) in [5.41, 5.74) is 2.68. The molecule has 0 aliphatic heterocycles. The molecule has 13 nitrogen and oxygen atoms in total. The number of benzene rings is 8. The Morgan fingerprint density at radius 1 is 0.423 bits per heavy atom. The van der Waals surface area contributed by atoms with Crippen molar-refractivity contribution in [2.75, 3.05) is 6.54 Å². The number of carboxylic acids is 1. The Morgan fingerprint density at radius 2 is 0.808 bits per heavy atom. The summed E-state index contributed by atoms with van der Waals surface area (Å²) < 4.78 is 0. The smallest absolute Gasteiger partial charge is 0.315 e. The summed E-state index contributed by atoms with van der Waals surface area (Å²) in [6.45, 7) is 1.94. The fourth-order valence-electron chi connectivity index (χ4n) is 10.2. The van der Waals surface area contributed by atoms with Crippen molar-refractivity contribution < 1.29 is 33.9 Å². The molecule has 0 spiro atoms. The van der Waals surface area contributed by atoms with E-state index >= 15 is 9.59 Å². The Labute approximate surface area is 454 Å². The zero-order valence-electron chi connectivity index (χ0n) is 43.4. The first-order chi connectivity index (χ1) is 38.0. The number of rotatable bonds is 24. The van der Waals surface area contributed by atoms with Gasteiger partial charge in [-0.05, 0) is 69.5 Å². The van der Waals surface area contributed by atoms with Gasteiger partial charge in [-0.2, -0.15) is 0 Å². The molecule has 13 heteroatoms. The van der Waals surface area contributed by atoms with E-state index in [4.69, 9.17) is 0 Å². The molecule has 8 aromatic carbocycles. The predicted octanol–water partition coefficient (Wildman–Crippen LogP) is 9.81. The standard InChI is InChI=1S/C65H64N6O7/c1-46(54-41-25-27-47-26-22-23-40-55(47)54)67-63(78)69-57(45-59(73)71-65(51-34-15-5-16-35-51,52-36-17-6-18-37-52)53-38-19-7-20-39-53)62(77)68-56(61(76)66-43-24-8-21-42-60(74)75)44-58(72)70-64(48-28-9-2-10-29-48,49-30-11-3-12-31-49)50-32-13-4-14-33-50/h2-7,9-20,22-23,25-41,46,56-57H,8,21,24,42-45H2,1H3,(H,66,76)(H,68,77)(H,70,72)(H,71,73)(H,74,75)(H2,67,69,78)/t46?,56-,57-/m0/s1. The lowest BCUT2D eigenvalue weighted by Gasteiger charge is -2.37. The number of amides is 6. The highest BCUT2D eigenvalue weighted by Gasteiger charge is 2.41. The number of hydrogen-bond donors (Lipinski definition) is 7. The summed E-state index contributed by atoms with van der Waals surface area (Å²) in [6, 6.07) is 65.8. The Bertz CT molecular complexity index is 3080. The van der Waals surface area contributed by atoms with Crippen LogP contribution in [-0.2, 0) is 35.1 Å². The van der Waals surface area contributed by atoms with E-state index in [2.05, 4.69) is 31.9 Å². The largest absolute Gasteiger partial charge is 0.481 e. The topological polar surface area (TPSA) is 195 Å². The second-order valence-electron chi connectivity index (χ2n) is 19.2. The fourth-order valence-corrected chi connectivity index (χ4v) is 10.2. The molecule has 0 saturated heterocycles. The lowest BCUT2D eigenvalue weighted by Crippen LogP contribution is -2.58. The molecule has 6 amide bonds. The molecule has 0 aliphatic carbocycles. The first-order valence-electron chi connectivity index (χ1n) is 26.3. The van der Waals surface area contributed by atoms with Crippen molar-refractivity contribution in [1.82, 2.24) is 31.9 Å². The lowest BCUT2D eigenvalue weighted by atomic mass is 9.77. The van der Waals surface area contributed by atoms with Gasteiger partial charge in [0.05, 0.1) is 18.9 Å².